The molecule has 1 fully saturated rings. The average molecular weight is 435 g/mol. The van der Waals surface area contributed by atoms with Gasteiger partial charge in [0.05, 0.1) is 17.8 Å². The van der Waals surface area contributed by atoms with Gasteiger partial charge in [-0.1, -0.05) is 24.3 Å². The maximum Gasteiger partial charge on any atom is 0.247 e. The summed E-state index contributed by atoms with van der Waals surface area (Å²) in [6, 6.07) is 16.0. The first-order valence-corrected chi connectivity index (χ1v) is 11.2. The second-order valence-corrected chi connectivity index (χ2v) is 8.66. The standard InChI is InChI=1S/C25H26N2O3S/c1-18-26-21(17-31-18)16-30-24-12-3-19(4-13-24)7-14-25(28)27(22-8-9-22)15-20-5-10-23(29-2)11-6-20/h3-7,10-14,17,22H,8-9,15-16H2,1-2H3/b14-7+. The molecule has 1 saturated carbocycles. The van der Waals surface area contributed by atoms with E-state index in [0.717, 1.165) is 46.2 Å². The van der Waals surface area contributed by atoms with Crippen molar-refractivity contribution < 1.29 is 14.3 Å². The molecule has 4 rings (SSSR count). The van der Waals surface area contributed by atoms with Crippen molar-refractivity contribution in [1.29, 1.82) is 0 Å². The van der Waals surface area contributed by atoms with Gasteiger partial charge in [0.1, 0.15) is 18.1 Å². The molecule has 0 saturated heterocycles. The number of hydrogen-bond acceptors (Lipinski definition) is 5. The van der Waals surface area contributed by atoms with Crippen LogP contribution in [-0.4, -0.2) is 28.9 Å². The van der Waals surface area contributed by atoms with E-state index in [2.05, 4.69) is 4.98 Å². The predicted octanol–water partition coefficient (Wildman–Crippen LogP) is 5.24. The molecule has 0 unspecified atom stereocenters. The number of nitrogens with zero attached hydrogens (tertiary/aromatic N) is 2. The Balaban J connectivity index is 1.34. The van der Waals surface area contributed by atoms with Gasteiger partial charge in [0.2, 0.25) is 5.91 Å². The van der Waals surface area contributed by atoms with Crippen molar-refractivity contribution in [2.45, 2.75) is 39.0 Å². The van der Waals surface area contributed by atoms with Crippen LogP contribution in [-0.2, 0) is 17.9 Å². The third-order valence-electron chi connectivity index (χ3n) is 5.13. The lowest BCUT2D eigenvalue weighted by Gasteiger charge is -2.21. The van der Waals surface area contributed by atoms with Crippen molar-refractivity contribution in [2.75, 3.05) is 7.11 Å². The summed E-state index contributed by atoms with van der Waals surface area (Å²) >= 11 is 1.62. The molecular formula is C25H26N2O3S. The molecule has 1 aromatic heterocycles. The number of hydrogen-bond donors (Lipinski definition) is 0. The molecular weight excluding hydrogens is 408 g/mol. The molecule has 31 heavy (non-hydrogen) atoms. The minimum Gasteiger partial charge on any atom is -0.497 e. The summed E-state index contributed by atoms with van der Waals surface area (Å²) < 4.78 is 11.0. The van der Waals surface area contributed by atoms with Crippen molar-refractivity contribution in [3.63, 3.8) is 0 Å². The molecule has 2 aromatic carbocycles. The van der Waals surface area contributed by atoms with Gasteiger partial charge in [-0.2, -0.15) is 0 Å². The van der Waals surface area contributed by atoms with Crippen LogP contribution in [0.1, 0.15) is 34.7 Å². The number of amides is 1. The highest BCUT2D eigenvalue weighted by Gasteiger charge is 2.31. The molecule has 1 aliphatic carbocycles. The number of carbonyl (C=O) groups is 1. The van der Waals surface area contributed by atoms with E-state index in [1.807, 2.05) is 71.8 Å². The minimum atomic E-state index is 0.0394. The van der Waals surface area contributed by atoms with Crippen LogP contribution in [0.2, 0.25) is 0 Å². The Labute approximate surface area is 187 Å². The Bertz CT molecular complexity index is 1040. The van der Waals surface area contributed by atoms with Gasteiger partial charge in [0.15, 0.2) is 0 Å². The number of aromatic nitrogens is 1. The summed E-state index contributed by atoms with van der Waals surface area (Å²) in [6.45, 7) is 3.05. The van der Waals surface area contributed by atoms with Gasteiger partial charge in [-0.15, -0.1) is 11.3 Å². The molecule has 0 atom stereocenters. The normalized spacial score (nSPS) is 13.4. The first-order valence-electron chi connectivity index (χ1n) is 10.4. The molecule has 0 radical (unpaired) electrons. The third-order valence-corrected chi connectivity index (χ3v) is 5.96. The quantitative estimate of drug-likeness (QED) is 0.432. The third kappa shape index (κ3) is 5.95. The van der Waals surface area contributed by atoms with E-state index < -0.39 is 0 Å². The zero-order chi connectivity index (χ0) is 21.6. The molecule has 0 N–H and O–H groups in total. The molecule has 3 aromatic rings. The fourth-order valence-corrected chi connectivity index (χ4v) is 3.87. The van der Waals surface area contributed by atoms with Gasteiger partial charge in [0.25, 0.3) is 0 Å². The van der Waals surface area contributed by atoms with Crippen LogP contribution in [0.3, 0.4) is 0 Å². The summed E-state index contributed by atoms with van der Waals surface area (Å²) in [5.41, 5.74) is 3.01. The molecule has 1 aliphatic rings. The first-order chi connectivity index (χ1) is 15.1. The molecule has 0 aliphatic heterocycles. The van der Waals surface area contributed by atoms with Crippen LogP contribution in [0.15, 0.2) is 60.0 Å². The van der Waals surface area contributed by atoms with E-state index in [0.29, 0.717) is 19.2 Å². The predicted molar refractivity (Wildman–Crippen MR) is 123 cm³/mol. The van der Waals surface area contributed by atoms with Crippen molar-refractivity contribution in [3.05, 3.63) is 81.8 Å². The fraction of sp³-hybridized carbons (Fsp3) is 0.280. The second-order valence-electron chi connectivity index (χ2n) is 7.59. The monoisotopic (exact) mass is 434 g/mol. The second kappa shape index (κ2) is 9.79. The van der Waals surface area contributed by atoms with Gasteiger partial charge in [-0.05, 0) is 61.2 Å². The maximum atomic E-state index is 12.8. The maximum absolute atomic E-state index is 12.8. The van der Waals surface area contributed by atoms with Gasteiger partial charge in [0, 0.05) is 24.0 Å². The molecule has 5 nitrogen and oxygen atoms in total. The summed E-state index contributed by atoms with van der Waals surface area (Å²) in [7, 11) is 1.65. The Hall–Kier alpha value is -3.12. The molecule has 1 heterocycles. The molecule has 1 amide bonds. The first kappa shape index (κ1) is 21.1. The number of ether oxygens (including phenoxy) is 2. The smallest absolute Gasteiger partial charge is 0.247 e. The Morgan fingerprint density at radius 1 is 1.13 bits per heavy atom. The average Bonchev–Trinajstić information content (AvgIpc) is 3.56. The Morgan fingerprint density at radius 3 is 2.45 bits per heavy atom. The Morgan fingerprint density at radius 2 is 1.84 bits per heavy atom. The van der Waals surface area contributed by atoms with Crippen LogP contribution in [0.5, 0.6) is 11.5 Å². The van der Waals surface area contributed by atoms with Crippen molar-refractivity contribution >= 4 is 23.3 Å². The van der Waals surface area contributed by atoms with Crippen LogP contribution >= 0.6 is 11.3 Å². The van der Waals surface area contributed by atoms with Crippen molar-refractivity contribution in [1.82, 2.24) is 9.88 Å². The lowest BCUT2D eigenvalue weighted by Crippen LogP contribution is -2.31. The van der Waals surface area contributed by atoms with Crippen LogP contribution in [0, 0.1) is 6.92 Å². The molecule has 6 heteroatoms. The number of rotatable bonds is 9. The topological polar surface area (TPSA) is 51.7 Å². The van der Waals surface area contributed by atoms with E-state index in [1.54, 1.807) is 24.5 Å². The van der Waals surface area contributed by atoms with E-state index in [1.165, 1.54) is 0 Å². The summed E-state index contributed by atoms with van der Waals surface area (Å²) in [5.74, 6) is 1.65. The molecule has 0 bridgehead atoms. The summed E-state index contributed by atoms with van der Waals surface area (Å²) in [5, 5.41) is 3.05. The van der Waals surface area contributed by atoms with Crippen LogP contribution < -0.4 is 9.47 Å². The van der Waals surface area contributed by atoms with Crippen LogP contribution in [0.4, 0.5) is 0 Å². The van der Waals surface area contributed by atoms with E-state index in [-0.39, 0.29) is 5.91 Å². The number of carbonyl (C=O) groups excluding carboxylic acids is 1. The zero-order valence-electron chi connectivity index (χ0n) is 17.8. The van der Waals surface area contributed by atoms with Gasteiger partial charge >= 0.3 is 0 Å². The van der Waals surface area contributed by atoms with Crippen molar-refractivity contribution in [3.8, 4) is 11.5 Å². The van der Waals surface area contributed by atoms with E-state index in [4.69, 9.17) is 9.47 Å². The van der Waals surface area contributed by atoms with Gasteiger partial charge in [-0.3, -0.25) is 4.79 Å². The highest BCUT2D eigenvalue weighted by Crippen LogP contribution is 2.29. The number of benzene rings is 2. The molecule has 160 valence electrons. The lowest BCUT2D eigenvalue weighted by atomic mass is 10.2. The lowest BCUT2D eigenvalue weighted by molar-refractivity contribution is -0.127. The number of thiazole rings is 1. The fourth-order valence-electron chi connectivity index (χ4n) is 3.27. The zero-order valence-corrected chi connectivity index (χ0v) is 18.6. The largest absolute Gasteiger partial charge is 0.497 e. The minimum absolute atomic E-state index is 0.0394. The highest BCUT2D eigenvalue weighted by molar-refractivity contribution is 7.09. The number of aryl methyl sites for hydroxylation is 1. The summed E-state index contributed by atoms with van der Waals surface area (Å²) in [6.07, 6.45) is 5.66. The van der Waals surface area contributed by atoms with Crippen LogP contribution in [0.25, 0.3) is 6.08 Å². The van der Waals surface area contributed by atoms with Gasteiger partial charge < -0.3 is 14.4 Å². The highest BCUT2D eigenvalue weighted by atomic mass is 32.1. The Kier molecular flexibility index (Phi) is 6.67. The SMILES string of the molecule is COc1ccc(CN(C(=O)/C=C/c2ccc(OCc3csc(C)n3)cc2)C2CC2)cc1. The van der Waals surface area contributed by atoms with Crippen molar-refractivity contribution in [2.24, 2.45) is 0 Å². The van der Waals surface area contributed by atoms with E-state index in [9.17, 15) is 4.79 Å². The molecule has 0 spiro atoms. The van der Waals surface area contributed by atoms with Gasteiger partial charge in [-0.25, -0.2) is 4.98 Å². The number of methoxy groups -OCH3 is 1. The summed E-state index contributed by atoms with van der Waals surface area (Å²) in [4.78, 5) is 19.2. The van der Waals surface area contributed by atoms with E-state index >= 15 is 0 Å².